The van der Waals surface area contributed by atoms with Gasteiger partial charge in [-0.25, -0.2) is 0 Å². The van der Waals surface area contributed by atoms with Crippen LogP contribution in [0.1, 0.15) is 67.5 Å². The van der Waals surface area contributed by atoms with Crippen LogP contribution in [0.5, 0.6) is 0 Å². The molecule has 2 aliphatic carbocycles. The minimum Gasteiger partial charge on any atom is -0.392 e. The Morgan fingerprint density at radius 2 is 1.60 bits per heavy atom. The van der Waals surface area contributed by atoms with Gasteiger partial charge in [0, 0.05) is 17.3 Å². The van der Waals surface area contributed by atoms with Crippen molar-refractivity contribution in [1.29, 1.82) is 0 Å². The maximum Gasteiger partial charge on any atom is 0.0684 e. The summed E-state index contributed by atoms with van der Waals surface area (Å²) in [6, 6.07) is 13.8. The average molecular weight is 405 g/mol. The monoisotopic (exact) mass is 404 g/mol. The van der Waals surface area contributed by atoms with Crippen LogP contribution in [0.4, 0.5) is 0 Å². The highest BCUT2D eigenvalue weighted by Gasteiger charge is 2.53. The lowest BCUT2D eigenvalue weighted by molar-refractivity contribution is -0.200. The number of aryl methyl sites for hydroxylation is 1. The van der Waals surface area contributed by atoms with E-state index in [1.165, 1.54) is 33.4 Å². The van der Waals surface area contributed by atoms with Crippen molar-refractivity contribution < 1.29 is 9.84 Å². The van der Waals surface area contributed by atoms with Gasteiger partial charge in [0.2, 0.25) is 0 Å². The second-order valence-electron chi connectivity index (χ2n) is 11.8. The molecule has 0 aromatic heterocycles. The Kier molecular flexibility index (Phi) is 4.51. The van der Waals surface area contributed by atoms with Gasteiger partial charge >= 0.3 is 0 Å². The molecule has 2 heteroatoms. The maximum absolute atomic E-state index is 11.3. The summed E-state index contributed by atoms with van der Waals surface area (Å²) in [5.41, 5.74) is 8.84. The van der Waals surface area contributed by atoms with Crippen LogP contribution in [-0.2, 0) is 35.8 Å². The molecule has 2 aromatic carbocycles. The van der Waals surface area contributed by atoms with Crippen LogP contribution in [0.2, 0.25) is 0 Å². The Morgan fingerprint density at radius 3 is 2.30 bits per heavy atom. The second kappa shape index (κ2) is 6.68. The molecule has 1 fully saturated rings. The van der Waals surface area contributed by atoms with Gasteiger partial charge in [-0.15, -0.1) is 0 Å². The van der Waals surface area contributed by atoms with Crippen LogP contribution in [0.3, 0.4) is 0 Å². The summed E-state index contributed by atoms with van der Waals surface area (Å²) >= 11 is 0. The van der Waals surface area contributed by atoms with Crippen LogP contribution in [0.25, 0.3) is 0 Å². The van der Waals surface area contributed by atoms with Gasteiger partial charge in [0.25, 0.3) is 0 Å². The van der Waals surface area contributed by atoms with E-state index in [4.69, 9.17) is 4.74 Å². The molecule has 1 spiro atoms. The van der Waals surface area contributed by atoms with Gasteiger partial charge in [-0.05, 0) is 65.8 Å². The second-order valence-corrected chi connectivity index (χ2v) is 11.8. The minimum atomic E-state index is -0.332. The van der Waals surface area contributed by atoms with Gasteiger partial charge in [-0.3, -0.25) is 0 Å². The first-order valence-electron chi connectivity index (χ1n) is 11.6. The van der Waals surface area contributed by atoms with E-state index in [9.17, 15) is 5.11 Å². The number of aliphatic hydroxyl groups excluding tert-OH is 1. The van der Waals surface area contributed by atoms with E-state index in [0.29, 0.717) is 0 Å². The average Bonchev–Trinajstić information content (AvgIpc) is 3.23. The van der Waals surface area contributed by atoms with Crippen molar-refractivity contribution in [2.24, 2.45) is 10.8 Å². The third kappa shape index (κ3) is 3.24. The van der Waals surface area contributed by atoms with Crippen molar-refractivity contribution >= 4 is 0 Å². The molecule has 5 rings (SSSR count). The molecule has 3 aliphatic rings. The van der Waals surface area contributed by atoms with Gasteiger partial charge in [-0.1, -0.05) is 69.7 Å². The van der Waals surface area contributed by atoms with Crippen molar-refractivity contribution in [1.82, 2.24) is 0 Å². The van der Waals surface area contributed by atoms with Crippen LogP contribution < -0.4 is 0 Å². The molecule has 1 heterocycles. The molecule has 2 nitrogen and oxygen atoms in total. The zero-order valence-electron chi connectivity index (χ0n) is 19.2. The van der Waals surface area contributed by atoms with Gasteiger partial charge in [-0.2, -0.15) is 0 Å². The number of ether oxygens (including phenoxy) is 1. The summed E-state index contributed by atoms with van der Waals surface area (Å²) in [5.74, 6) is 0. The predicted octanol–water partition coefficient (Wildman–Crippen LogP) is 5.33. The largest absolute Gasteiger partial charge is 0.392 e. The fourth-order valence-corrected chi connectivity index (χ4v) is 6.08. The molecule has 0 bridgehead atoms. The van der Waals surface area contributed by atoms with Gasteiger partial charge in [0.1, 0.15) is 0 Å². The highest BCUT2D eigenvalue weighted by molar-refractivity contribution is 5.41. The molecule has 160 valence electrons. The van der Waals surface area contributed by atoms with Crippen molar-refractivity contribution in [2.75, 3.05) is 6.61 Å². The Bertz CT molecular complexity index is 985. The highest BCUT2D eigenvalue weighted by atomic mass is 16.5. The number of hydrogen-bond donors (Lipinski definition) is 1. The maximum atomic E-state index is 11.3. The summed E-state index contributed by atoms with van der Waals surface area (Å²) < 4.78 is 6.11. The number of rotatable bonds is 3. The van der Waals surface area contributed by atoms with E-state index in [2.05, 4.69) is 71.0 Å². The lowest BCUT2D eigenvalue weighted by Gasteiger charge is -2.49. The molecule has 0 saturated carbocycles. The first kappa shape index (κ1) is 20.3. The number of benzene rings is 2. The lowest BCUT2D eigenvalue weighted by atomic mass is 9.70. The third-order valence-electron chi connectivity index (χ3n) is 8.20. The van der Waals surface area contributed by atoms with Crippen LogP contribution >= 0.6 is 0 Å². The van der Waals surface area contributed by atoms with Crippen molar-refractivity contribution in [3.63, 3.8) is 0 Å². The molecular weight excluding hydrogens is 368 g/mol. The fourth-order valence-electron chi connectivity index (χ4n) is 6.08. The Balaban J connectivity index is 1.30. The molecule has 1 aliphatic heterocycles. The summed E-state index contributed by atoms with van der Waals surface area (Å²) in [6.07, 6.45) is 4.73. The lowest BCUT2D eigenvalue weighted by Crippen LogP contribution is -2.55. The number of hydrogen-bond acceptors (Lipinski definition) is 2. The highest BCUT2D eigenvalue weighted by Crippen LogP contribution is 2.51. The Morgan fingerprint density at radius 1 is 0.967 bits per heavy atom. The van der Waals surface area contributed by atoms with Crippen molar-refractivity contribution in [2.45, 2.75) is 84.3 Å². The molecule has 30 heavy (non-hydrogen) atoms. The van der Waals surface area contributed by atoms with Crippen LogP contribution in [-0.4, -0.2) is 23.9 Å². The normalized spacial score (nSPS) is 30.8. The van der Waals surface area contributed by atoms with E-state index in [0.717, 1.165) is 38.7 Å². The standard InChI is InChI=1S/C28H36O2/c1-18-6-7-19-13-27(5,14-21(19)10-18)24(29)12-25-28(17-30-25)15-20-8-9-23(26(2,3)4)11-22(20)16-28/h6-11,24-25,29H,12-17H2,1-5H3. The summed E-state index contributed by atoms with van der Waals surface area (Å²) in [5, 5.41) is 11.3. The molecule has 0 radical (unpaired) electrons. The first-order chi connectivity index (χ1) is 14.1. The Hall–Kier alpha value is -1.64. The topological polar surface area (TPSA) is 29.5 Å². The Labute approximate surface area is 181 Å². The van der Waals surface area contributed by atoms with E-state index >= 15 is 0 Å². The predicted molar refractivity (Wildman–Crippen MR) is 122 cm³/mol. The van der Waals surface area contributed by atoms with E-state index in [1.807, 2.05) is 0 Å². The summed E-state index contributed by atoms with van der Waals surface area (Å²) in [7, 11) is 0. The molecule has 4 unspecified atom stereocenters. The molecule has 1 N–H and O–H groups in total. The molecule has 2 aromatic rings. The summed E-state index contributed by atoms with van der Waals surface area (Å²) in [6.45, 7) is 12.1. The van der Waals surface area contributed by atoms with Gasteiger partial charge < -0.3 is 9.84 Å². The molecular formula is C28H36O2. The van der Waals surface area contributed by atoms with Gasteiger partial charge in [0.05, 0.1) is 18.8 Å². The molecule has 0 amide bonds. The molecule has 4 atom stereocenters. The van der Waals surface area contributed by atoms with Crippen molar-refractivity contribution in [3.8, 4) is 0 Å². The molecule has 1 saturated heterocycles. The summed E-state index contributed by atoms with van der Waals surface area (Å²) in [4.78, 5) is 0. The SMILES string of the molecule is Cc1ccc2c(c1)CC(C)(C(O)CC1OCC13Cc1ccc(C(C)(C)C)cc1C3)C2. The number of aliphatic hydroxyl groups is 1. The fraction of sp³-hybridized carbons (Fsp3) is 0.571. The van der Waals surface area contributed by atoms with E-state index in [1.54, 1.807) is 0 Å². The number of fused-ring (bicyclic) bond motifs is 2. The van der Waals surface area contributed by atoms with E-state index < -0.39 is 0 Å². The zero-order valence-corrected chi connectivity index (χ0v) is 19.2. The van der Waals surface area contributed by atoms with Crippen LogP contribution in [0.15, 0.2) is 36.4 Å². The minimum absolute atomic E-state index is 0.0822. The van der Waals surface area contributed by atoms with Crippen LogP contribution in [0, 0.1) is 17.8 Å². The third-order valence-corrected chi connectivity index (χ3v) is 8.20. The first-order valence-corrected chi connectivity index (χ1v) is 11.6. The zero-order chi connectivity index (χ0) is 21.3. The quantitative estimate of drug-likeness (QED) is 0.749. The van der Waals surface area contributed by atoms with E-state index in [-0.39, 0.29) is 28.5 Å². The van der Waals surface area contributed by atoms with Gasteiger partial charge in [0.15, 0.2) is 0 Å². The van der Waals surface area contributed by atoms with Crippen molar-refractivity contribution in [3.05, 3.63) is 69.8 Å². The smallest absolute Gasteiger partial charge is 0.0684 e.